The maximum atomic E-state index is 11.9. The van der Waals surface area contributed by atoms with Crippen LogP contribution in [0, 0.1) is 0 Å². The SMILES string of the molecule is Cn1c(=O)c(OCC=O)cc2cc(N)c(Cl)cc21. The van der Waals surface area contributed by atoms with Crippen molar-refractivity contribution in [3.05, 3.63) is 33.6 Å². The maximum Gasteiger partial charge on any atom is 0.293 e. The normalized spacial score (nSPS) is 10.6. The highest BCUT2D eigenvalue weighted by Crippen LogP contribution is 2.26. The number of hydrogen-bond donors (Lipinski definition) is 1. The van der Waals surface area contributed by atoms with Gasteiger partial charge in [-0.05, 0) is 18.2 Å². The van der Waals surface area contributed by atoms with Crippen LogP contribution in [0.4, 0.5) is 5.69 Å². The van der Waals surface area contributed by atoms with E-state index in [2.05, 4.69) is 0 Å². The standard InChI is InChI=1S/C12H11ClN2O3/c1-15-10-6-8(13)9(14)4-7(10)5-11(12(15)17)18-3-2-16/h2,4-6H,3,14H2,1H3. The van der Waals surface area contributed by atoms with E-state index in [1.807, 2.05) is 0 Å². The molecule has 0 saturated carbocycles. The van der Waals surface area contributed by atoms with Crippen LogP contribution in [0.3, 0.4) is 0 Å². The molecule has 0 amide bonds. The van der Waals surface area contributed by atoms with Crippen molar-refractivity contribution < 1.29 is 9.53 Å². The molecule has 2 aromatic rings. The van der Waals surface area contributed by atoms with E-state index < -0.39 is 0 Å². The van der Waals surface area contributed by atoms with Gasteiger partial charge in [-0.1, -0.05) is 11.6 Å². The summed E-state index contributed by atoms with van der Waals surface area (Å²) in [5, 5.41) is 1.11. The Bertz CT molecular complexity index is 679. The van der Waals surface area contributed by atoms with Crippen LogP contribution in [0.1, 0.15) is 0 Å². The minimum absolute atomic E-state index is 0.110. The van der Waals surface area contributed by atoms with Gasteiger partial charge in [0.15, 0.2) is 12.0 Å². The van der Waals surface area contributed by atoms with Crippen LogP contribution in [0.5, 0.6) is 5.75 Å². The van der Waals surface area contributed by atoms with Gasteiger partial charge in [0.05, 0.1) is 16.2 Å². The number of aromatic nitrogens is 1. The van der Waals surface area contributed by atoms with Gasteiger partial charge in [-0.3, -0.25) is 9.59 Å². The van der Waals surface area contributed by atoms with Crippen molar-refractivity contribution >= 4 is 34.5 Å². The fraction of sp³-hybridized carbons (Fsp3) is 0.167. The van der Waals surface area contributed by atoms with E-state index in [4.69, 9.17) is 22.1 Å². The first-order chi connectivity index (χ1) is 8.54. The van der Waals surface area contributed by atoms with Crippen molar-refractivity contribution in [3.8, 4) is 5.75 Å². The Kier molecular flexibility index (Phi) is 3.25. The molecule has 94 valence electrons. The number of nitrogen functional groups attached to an aromatic ring is 1. The van der Waals surface area contributed by atoms with Gasteiger partial charge in [0, 0.05) is 12.4 Å². The second-order valence-corrected chi connectivity index (χ2v) is 4.19. The molecule has 1 aromatic heterocycles. The number of aryl methyl sites for hydroxylation is 1. The topological polar surface area (TPSA) is 74.3 Å². The molecule has 0 fully saturated rings. The van der Waals surface area contributed by atoms with Gasteiger partial charge in [-0.2, -0.15) is 0 Å². The molecule has 2 rings (SSSR count). The van der Waals surface area contributed by atoms with E-state index in [0.717, 1.165) is 5.39 Å². The highest BCUT2D eigenvalue weighted by Gasteiger charge is 2.09. The van der Waals surface area contributed by atoms with Crippen LogP contribution < -0.4 is 16.0 Å². The smallest absolute Gasteiger partial charge is 0.293 e. The molecule has 6 heteroatoms. The average Bonchev–Trinajstić information content (AvgIpc) is 2.35. The van der Waals surface area contributed by atoms with Crippen LogP contribution in [-0.2, 0) is 11.8 Å². The molecule has 0 saturated heterocycles. The van der Waals surface area contributed by atoms with Crippen LogP contribution in [0.15, 0.2) is 23.0 Å². The lowest BCUT2D eigenvalue weighted by Crippen LogP contribution is -2.20. The van der Waals surface area contributed by atoms with Crippen molar-refractivity contribution in [2.24, 2.45) is 7.05 Å². The van der Waals surface area contributed by atoms with E-state index >= 15 is 0 Å². The Morgan fingerprint density at radius 3 is 2.83 bits per heavy atom. The van der Waals surface area contributed by atoms with Crippen LogP contribution >= 0.6 is 11.6 Å². The Morgan fingerprint density at radius 1 is 1.44 bits per heavy atom. The summed E-state index contributed by atoms with van der Waals surface area (Å²) < 4.78 is 6.47. The fourth-order valence-corrected chi connectivity index (χ4v) is 1.87. The highest BCUT2D eigenvalue weighted by molar-refractivity contribution is 6.33. The van der Waals surface area contributed by atoms with E-state index in [0.29, 0.717) is 22.5 Å². The summed E-state index contributed by atoms with van der Waals surface area (Å²) in [7, 11) is 1.60. The molecular formula is C12H11ClN2O3. The number of benzene rings is 1. The van der Waals surface area contributed by atoms with Crippen LogP contribution in [0.25, 0.3) is 10.9 Å². The monoisotopic (exact) mass is 266 g/mol. The number of anilines is 1. The summed E-state index contributed by atoms with van der Waals surface area (Å²) in [6.45, 7) is -0.163. The predicted octanol–water partition coefficient (Wildman–Crippen LogP) is 1.35. The molecule has 0 unspecified atom stereocenters. The van der Waals surface area contributed by atoms with Gasteiger partial charge in [-0.15, -0.1) is 0 Å². The maximum absolute atomic E-state index is 11.9. The van der Waals surface area contributed by atoms with E-state index in [-0.39, 0.29) is 17.9 Å². The number of nitrogens with two attached hydrogens (primary N) is 1. The number of halogens is 1. The van der Waals surface area contributed by atoms with Gasteiger partial charge >= 0.3 is 0 Å². The second kappa shape index (κ2) is 4.70. The molecule has 0 atom stereocenters. The first kappa shape index (κ1) is 12.4. The number of fused-ring (bicyclic) bond motifs is 1. The van der Waals surface area contributed by atoms with E-state index in [1.54, 1.807) is 25.2 Å². The summed E-state index contributed by atoms with van der Waals surface area (Å²) >= 11 is 5.92. The zero-order valence-electron chi connectivity index (χ0n) is 9.64. The number of carbonyl (C=O) groups is 1. The van der Waals surface area contributed by atoms with Crippen molar-refractivity contribution in [3.63, 3.8) is 0 Å². The van der Waals surface area contributed by atoms with E-state index in [1.165, 1.54) is 4.57 Å². The molecule has 5 nitrogen and oxygen atoms in total. The Labute approximate surface area is 108 Å². The molecule has 1 aromatic carbocycles. The van der Waals surface area contributed by atoms with Gasteiger partial charge in [-0.25, -0.2) is 0 Å². The van der Waals surface area contributed by atoms with Gasteiger partial charge in [0.2, 0.25) is 0 Å². The lowest BCUT2D eigenvalue weighted by atomic mass is 10.2. The lowest BCUT2D eigenvalue weighted by molar-refractivity contribution is -0.109. The van der Waals surface area contributed by atoms with Crippen molar-refractivity contribution in [1.29, 1.82) is 0 Å². The highest BCUT2D eigenvalue weighted by atomic mass is 35.5. The van der Waals surface area contributed by atoms with Gasteiger partial charge in [0.1, 0.15) is 6.61 Å². The first-order valence-electron chi connectivity index (χ1n) is 5.20. The van der Waals surface area contributed by atoms with Crippen molar-refractivity contribution in [1.82, 2.24) is 4.57 Å². The zero-order valence-corrected chi connectivity index (χ0v) is 10.4. The third-order valence-electron chi connectivity index (χ3n) is 2.62. The van der Waals surface area contributed by atoms with Crippen molar-refractivity contribution in [2.45, 2.75) is 0 Å². The Hall–Kier alpha value is -2.01. The van der Waals surface area contributed by atoms with E-state index in [9.17, 15) is 9.59 Å². The summed E-state index contributed by atoms with van der Waals surface area (Å²) in [6.07, 6.45) is 0.583. The molecule has 0 aliphatic carbocycles. The lowest BCUT2D eigenvalue weighted by Gasteiger charge is -2.10. The Balaban J connectivity index is 2.71. The quantitative estimate of drug-likeness (QED) is 0.672. The number of nitrogens with zero attached hydrogens (tertiary/aromatic N) is 1. The number of rotatable bonds is 3. The van der Waals surface area contributed by atoms with Crippen LogP contribution in [-0.4, -0.2) is 17.5 Å². The summed E-state index contributed by atoms with van der Waals surface area (Å²) in [5.74, 6) is 0.110. The number of hydrogen-bond acceptors (Lipinski definition) is 4. The number of carbonyl (C=O) groups excluding carboxylic acids is 1. The summed E-state index contributed by atoms with van der Waals surface area (Å²) in [4.78, 5) is 22.2. The molecule has 0 bridgehead atoms. The molecular weight excluding hydrogens is 256 g/mol. The molecule has 0 spiro atoms. The minimum Gasteiger partial charge on any atom is -0.480 e. The molecule has 1 heterocycles. The third kappa shape index (κ3) is 2.04. The molecule has 0 radical (unpaired) electrons. The number of ether oxygens (including phenoxy) is 1. The van der Waals surface area contributed by atoms with Crippen molar-refractivity contribution in [2.75, 3.05) is 12.3 Å². The second-order valence-electron chi connectivity index (χ2n) is 3.78. The molecule has 18 heavy (non-hydrogen) atoms. The summed E-state index contributed by atoms with van der Waals surface area (Å²) in [5.41, 5.74) is 6.45. The molecule has 2 N–H and O–H groups in total. The minimum atomic E-state index is -0.329. The Morgan fingerprint density at radius 2 is 2.17 bits per heavy atom. The third-order valence-corrected chi connectivity index (χ3v) is 2.94. The van der Waals surface area contributed by atoms with Gasteiger partial charge < -0.3 is 15.0 Å². The first-order valence-corrected chi connectivity index (χ1v) is 5.57. The zero-order chi connectivity index (χ0) is 13.3. The summed E-state index contributed by atoms with van der Waals surface area (Å²) in [6, 6.07) is 4.83. The predicted molar refractivity (Wildman–Crippen MR) is 70.2 cm³/mol. The molecule has 0 aliphatic rings. The molecule has 0 aliphatic heterocycles. The largest absolute Gasteiger partial charge is 0.480 e. The van der Waals surface area contributed by atoms with Gasteiger partial charge in [0.25, 0.3) is 5.56 Å². The number of aldehydes is 1. The van der Waals surface area contributed by atoms with Crippen LogP contribution in [0.2, 0.25) is 5.02 Å². The fourth-order valence-electron chi connectivity index (χ4n) is 1.71. The number of pyridine rings is 1. The average molecular weight is 267 g/mol.